The highest BCUT2D eigenvalue weighted by Gasteiger charge is 2.55. The van der Waals surface area contributed by atoms with Crippen molar-refractivity contribution in [1.29, 1.82) is 0 Å². The van der Waals surface area contributed by atoms with Crippen LogP contribution in [0.15, 0.2) is 126 Å². The number of hydrogen-bond acceptors (Lipinski definition) is 5. The van der Waals surface area contributed by atoms with Gasteiger partial charge in [-0.15, -0.1) is 0 Å². The molecule has 0 saturated carbocycles. The van der Waals surface area contributed by atoms with E-state index in [2.05, 4.69) is 257 Å². The van der Waals surface area contributed by atoms with Crippen molar-refractivity contribution in [2.45, 2.75) is 177 Å². The van der Waals surface area contributed by atoms with Crippen LogP contribution >= 0.6 is 0 Å². The van der Waals surface area contributed by atoms with E-state index in [0.717, 1.165) is 51.2 Å². The molecule has 0 saturated heterocycles. The molecule has 382 valence electrons. The molecule has 0 unspecified atom stereocenters. The van der Waals surface area contributed by atoms with Gasteiger partial charge in [0.2, 0.25) is 0 Å². The molecule has 0 amide bonds. The molecular weight excluding hydrogens is 901 g/mol. The predicted octanol–water partition coefficient (Wildman–Crippen LogP) is 19.0. The van der Waals surface area contributed by atoms with E-state index in [-0.39, 0.29) is 39.5 Å². The maximum absolute atomic E-state index is 7.28. The van der Waals surface area contributed by atoms with Gasteiger partial charge >= 0.3 is 0 Å². The molecule has 6 aromatic carbocycles. The van der Waals surface area contributed by atoms with E-state index >= 15 is 0 Å². The fraction of sp³-hybridized carbons (Fsp3) is 0.391. The van der Waals surface area contributed by atoms with E-state index in [1.165, 1.54) is 72.4 Å². The summed E-state index contributed by atoms with van der Waals surface area (Å²) in [5.41, 5.74) is 21.3. The Morgan fingerprint density at radius 3 is 1.81 bits per heavy atom. The van der Waals surface area contributed by atoms with Gasteiger partial charge in [-0.25, -0.2) is 4.98 Å². The molecule has 0 radical (unpaired) electrons. The van der Waals surface area contributed by atoms with Crippen LogP contribution in [0.2, 0.25) is 0 Å². The molecule has 10 rings (SSSR count). The smallest absolute Gasteiger partial charge is 0.137 e. The number of hydrogen-bond donors (Lipinski definition) is 0. The topological polar surface area (TPSA) is 41.0 Å². The Hall–Kier alpha value is -6.46. The van der Waals surface area contributed by atoms with Crippen LogP contribution in [0.4, 0.5) is 22.9 Å². The number of anilines is 4. The molecule has 0 spiro atoms. The fourth-order valence-electron chi connectivity index (χ4n) is 12.2. The number of nitrogens with zero attached hydrogens (tertiary/aromatic N) is 4. The zero-order chi connectivity index (χ0) is 53.4. The summed E-state index contributed by atoms with van der Waals surface area (Å²) in [5, 5.41) is 0. The lowest BCUT2D eigenvalue weighted by Gasteiger charge is -2.47. The Kier molecular flexibility index (Phi) is 12.1. The van der Waals surface area contributed by atoms with Crippen LogP contribution in [-0.2, 0) is 27.2 Å². The number of fused-ring (bicyclic) bond motifs is 8. The minimum absolute atomic E-state index is 0.0171. The Morgan fingerprint density at radius 2 is 1.18 bits per heavy atom. The number of aromatic nitrogens is 1. The van der Waals surface area contributed by atoms with Gasteiger partial charge in [0.1, 0.15) is 29.2 Å². The first-order valence-corrected chi connectivity index (χ1v) is 27.2. The second-order valence-corrected chi connectivity index (χ2v) is 26.4. The summed E-state index contributed by atoms with van der Waals surface area (Å²) < 4.78 is 7.28. The van der Waals surface area contributed by atoms with Gasteiger partial charge in [-0.2, -0.15) is 0 Å². The SMILES string of the molecule is Cc1cc(Oc2cc3c(cc2C)C(C)(C)c2cc(C)ccc2N3c2cc(C(C)(C)C)ccn2)cc(C2=N[C@@H]3c4ccc(C(C)(C)C)cc4-c4cc(C(C)(C)C)ccc4[C@]3(C)N2c2c(C(C)C)cccc2C(C)C)c1. The molecule has 3 aliphatic rings. The highest BCUT2D eigenvalue weighted by atomic mass is 16.5. The van der Waals surface area contributed by atoms with Crippen molar-refractivity contribution in [3.63, 3.8) is 0 Å². The van der Waals surface area contributed by atoms with E-state index in [9.17, 15) is 0 Å². The van der Waals surface area contributed by atoms with Crippen LogP contribution in [0.25, 0.3) is 11.1 Å². The second kappa shape index (κ2) is 17.6. The third kappa shape index (κ3) is 8.38. The first-order valence-electron chi connectivity index (χ1n) is 27.2. The van der Waals surface area contributed by atoms with Crippen molar-refractivity contribution in [2.24, 2.45) is 4.99 Å². The van der Waals surface area contributed by atoms with Crippen molar-refractivity contribution < 1.29 is 4.74 Å². The van der Waals surface area contributed by atoms with Gasteiger partial charge in [-0.1, -0.05) is 176 Å². The van der Waals surface area contributed by atoms with E-state index in [1.807, 2.05) is 6.20 Å². The fourth-order valence-corrected chi connectivity index (χ4v) is 12.2. The summed E-state index contributed by atoms with van der Waals surface area (Å²) >= 11 is 0. The lowest BCUT2D eigenvalue weighted by Crippen LogP contribution is -2.49. The number of benzene rings is 6. The Morgan fingerprint density at radius 1 is 0.568 bits per heavy atom. The van der Waals surface area contributed by atoms with E-state index in [1.54, 1.807) is 0 Å². The first kappa shape index (κ1) is 51.0. The number of aliphatic imine (C=N–C) groups is 1. The lowest BCUT2D eigenvalue weighted by atomic mass is 9.68. The molecule has 7 aromatic rings. The normalized spacial score (nSPS) is 18.0. The molecular formula is C69H80N4O. The van der Waals surface area contributed by atoms with Crippen LogP contribution in [0.3, 0.4) is 0 Å². The Balaban J connectivity index is 1.18. The number of pyridine rings is 1. The second-order valence-electron chi connectivity index (χ2n) is 26.4. The summed E-state index contributed by atoms with van der Waals surface area (Å²) in [5.74, 6) is 4.01. The molecule has 2 aliphatic heterocycles. The summed E-state index contributed by atoms with van der Waals surface area (Å²) in [6.45, 7) is 43.8. The largest absolute Gasteiger partial charge is 0.457 e. The molecule has 2 atom stereocenters. The number of para-hydroxylation sites is 1. The van der Waals surface area contributed by atoms with Crippen LogP contribution < -0.4 is 14.5 Å². The van der Waals surface area contributed by atoms with Crippen molar-refractivity contribution in [2.75, 3.05) is 9.80 Å². The molecule has 0 N–H and O–H groups in total. The van der Waals surface area contributed by atoms with E-state index in [4.69, 9.17) is 14.7 Å². The maximum Gasteiger partial charge on any atom is 0.137 e. The highest BCUT2D eigenvalue weighted by Crippen LogP contribution is 2.60. The molecule has 5 heteroatoms. The molecule has 1 aliphatic carbocycles. The minimum Gasteiger partial charge on any atom is -0.457 e. The van der Waals surface area contributed by atoms with Gasteiger partial charge in [0, 0.05) is 23.2 Å². The van der Waals surface area contributed by atoms with E-state index < -0.39 is 5.54 Å². The van der Waals surface area contributed by atoms with Crippen molar-refractivity contribution in [1.82, 2.24) is 4.98 Å². The van der Waals surface area contributed by atoms with Gasteiger partial charge in [0.15, 0.2) is 0 Å². The van der Waals surface area contributed by atoms with Gasteiger partial charge in [-0.3, -0.25) is 9.89 Å². The summed E-state index contributed by atoms with van der Waals surface area (Å²) in [6, 6.07) is 43.9. The summed E-state index contributed by atoms with van der Waals surface area (Å²) in [4.78, 5) is 16.2. The summed E-state index contributed by atoms with van der Waals surface area (Å²) in [6.07, 6.45) is 1.96. The third-order valence-corrected chi connectivity index (χ3v) is 16.6. The molecule has 0 fully saturated rings. The van der Waals surface area contributed by atoms with Gasteiger partial charge < -0.3 is 9.64 Å². The zero-order valence-electron chi connectivity index (χ0n) is 48.0. The average Bonchev–Trinajstić information content (AvgIpc) is 3.64. The van der Waals surface area contributed by atoms with Crippen molar-refractivity contribution in [3.05, 3.63) is 194 Å². The predicted molar refractivity (Wildman–Crippen MR) is 313 cm³/mol. The number of ether oxygens (including phenoxy) is 1. The first-order chi connectivity index (χ1) is 34.6. The van der Waals surface area contributed by atoms with Crippen LogP contribution in [-0.4, -0.2) is 10.8 Å². The lowest BCUT2D eigenvalue weighted by molar-refractivity contribution is 0.419. The summed E-state index contributed by atoms with van der Waals surface area (Å²) in [7, 11) is 0. The maximum atomic E-state index is 7.28. The third-order valence-electron chi connectivity index (χ3n) is 16.6. The van der Waals surface area contributed by atoms with Gasteiger partial charge in [-0.05, 0) is 171 Å². The van der Waals surface area contributed by atoms with Gasteiger partial charge in [0.05, 0.1) is 22.6 Å². The van der Waals surface area contributed by atoms with Crippen LogP contribution in [0, 0.1) is 20.8 Å². The van der Waals surface area contributed by atoms with Crippen LogP contribution in [0.1, 0.15) is 201 Å². The molecule has 3 heterocycles. The standard InChI is InChI=1S/C69H80N4O/c1-40(2)50-21-20-22-51(41(3)4)62(50)73-64(71-63-52-26-24-46(65(8,9)10)36-53(52)54-37-47(66(11,12)13)25-27-55(54)69(63,73)19)45-31-43(6)32-49(35-45)74-60-39-59-57(34-44(60)7)68(17,18)56-33-42(5)23-28-58(56)72(59)61-38-48(29-30-70-61)67(14,15)16/h20-41,63H,1-19H3/t63-,69+/m1/s1. The van der Waals surface area contributed by atoms with Crippen LogP contribution in [0.5, 0.6) is 11.5 Å². The number of aryl methyl sites for hydroxylation is 3. The zero-order valence-corrected chi connectivity index (χ0v) is 48.0. The average molecular weight is 981 g/mol. The molecule has 0 bridgehead atoms. The minimum atomic E-state index is -0.574. The Bertz CT molecular complexity index is 3390. The molecule has 5 nitrogen and oxygen atoms in total. The van der Waals surface area contributed by atoms with Gasteiger partial charge in [0.25, 0.3) is 0 Å². The Labute approximate surface area is 444 Å². The molecule has 74 heavy (non-hydrogen) atoms. The van der Waals surface area contributed by atoms with Crippen molar-refractivity contribution in [3.8, 4) is 22.6 Å². The number of amidine groups is 1. The van der Waals surface area contributed by atoms with E-state index in [0.29, 0.717) is 0 Å². The van der Waals surface area contributed by atoms with Crippen molar-refractivity contribution >= 4 is 28.7 Å². The monoisotopic (exact) mass is 981 g/mol. The highest BCUT2D eigenvalue weighted by molar-refractivity contribution is 6.14. The number of rotatable bonds is 7. The molecule has 1 aromatic heterocycles. The quantitative estimate of drug-likeness (QED) is 0.160.